The molecule has 2 N–H and O–H groups in total. The third-order valence-corrected chi connectivity index (χ3v) is 2.84. The molecule has 0 amide bonds. The quantitative estimate of drug-likeness (QED) is 0.543. The summed E-state index contributed by atoms with van der Waals surface area (Å²) in [5, 5.41) is 0. The van der Waals surface area contributed by atoms with Gasteiger partial charge in [-0.3, -0.25) is 4.79 Å². The molecule has 58 valence electrons. The van der Waals surface area contributed by atoms with E-state index in [1.165, 1.54) is 7.11 Å². The molecule has 3 nitrogen and oxygen atoms in total. The van der Waals surface area contributed by atoms with E-state index in [0.717, 1.165) is 11.5 Å². The van der Waals surface area contributed by atoms with Gasteiger partial charge >= 0.3 is 5.97 Å². The first-order valence-corrected chi connectivity index (χ1v) is 4.32. The number of thioether (sulfide) groups is 1. The Balaban J connectivity index is 2.46. The van der Waals surface area contributed by atoms with Gasteiger partial charge < -0.3 is 10.5 Å². The van der Waals surface area contributed by atoms with Crippen molar-refractivity contribution in [2.24, 2.45) is 11.7 Å². The smallest absolute Gasteiger partial charge is 0.311 e. The van der Waals surface area contributed by atoms with Crippen LogP contribution in [-0.2, 0) is 9.53 Å². The molecular formula is C6H11NO2S. The maximum atomic E-state index is 10.9. The van der Waals surface area contributed by atoms with Crippen LogP contribution < -0.4 is 5.73 Å². The highest BCUT2D eigenvalue weighted by atomic mass is 32.2. The molecule has 0 spiro atoms. The van der Waals surface area contributed by atoms with E-state index < -0.39 is 0 Å². The lowest BCUT2D eigenvalue weighted by Crippen LogP contribution is -2.34. The van der Waals surface area contributed by atoms with Crippen LogP contribution in [0.3, 0.4) is 0 Å². The maximum Gasteiger partial charge on any atom is 0.311 e. The van der Waals surface area contributed by atoms with E-state index in [1.807, 2.05) is 0 Å². The monoisotopic (exact) mass is 161 g/mol. The van der Waals surface area contributed by atoms with E-state index in [4.69, 9.17) is 5.73 Å². The van der Waals surface area contributed by atoms with Crippen molar-refractivity contribution in [3.63, 3.8) is 0 Å². The number of rotatable bonds is 1. The minimum absolute atomic E-state index is 0.00236. The Morgan fingerprint density at radius 3 is 2.80 bits per heavy atom. The molecule has 0 radical (unpaired) electrons. The van der Waals surface area contributed by atoms with Crippen molar-refractivity contribution in [2.45, 2.75) is 6.04 Å². The van der Waals surface area contributed by atoms with Crippen LogP contribution in [0.15, 0.2) is 0 Å². The zero-order valence-corrected chi connectivity index (χ0v) is 6.69. The minimum Gasteiger partial charge on any atom is -0.469 e. The lowest BCUT2D eigenvalue weighted by Gasteiger charge is -2.10. The SMILES string of the molecule is COC(=O)[C@H]1CSC[C@H]1N. The molecule has 0 aromatic rings. The van der Waals surface area contributed by atoms with E-state index in [0.29, 0.717) is 0 Å². The maximum absolute atomic E-state index is 10.9. The average Bonchev–Trinajstić information content (AvgIpc) is 2.34. The molecule has 0 aromatic heterocycles. The number of carbonyl (C=O) groups excluding carboxylic acids is 1. The van der Waals surface area contributed by atoms with Gasteiger partial charge in [-0.15, -0.1) is 0 Å². The van der Waals surface area contributed by atoms with Crippen LogP contribution in [0.5, 0.6) is 0 Å². The summed E-state index contributed by atoms with van der Waals surface area (Å²) >= 11 is 1.71. The second-order valence-corrected chi connectivity index (χ2v) is 3.41. The zero-order chi connectivity index (χ0) is 7.56. The van der Waals surface area contributed by atoms with Gasteiger partial charge in [0.05, 0.1) is 13.0 Å². The van der Waals surface area contributed by atoms with E-state index in [-0.39, 0.29) is 17.9 Å². The molecule has 0 aromatic carbocycles. The fourth-order valence-corrected chi connectivity index (χ4v) is 2.24. The summed E-state index contributed by atoms with van der Waals surface area (Å²) in [5.41, 5.74) is 5.63. The first kappa shape index (κ1) is 7.88. The first-order chi connectivity index (χ1) is 4.75. The van der Waals surface area contributed by atoms with Gasteiger partial charge in [0.15, 0.2) is 0 Å². The number of nitrogens with two attached hydrogens (primary N) is 1. The van der Waals surface area contributed by atoms with Crippen LogP contribution in [0.1, 0.15) is 0 Å². The molecule has 10 heavy (non-hydrogen) atoms. The number of carbonyl (C=O) groups is 1. The molecule has 1 fully saturated rings. The Bertz CT molecular complexity index is 140. The minimum atomic E-state index is -0.169. The molecule has 1 aliphatic rings. The van der Waals surface area contributed by atoms with Gasteiger partial charge in [-0.05, 0) is 0 Å². The molecule has 1 rings (SSSR count). The van der Waals surface area contributed by atoms with Crippen molar-refractivity contribution < 1.29 is 9.53 Å². The average molecular weight is 161 g/mol. The molecule has 4 heteroatoms. The van der Waals surface area contributed by atoms with E-state index in [1.54, 1.807) is 11.8 Å². The molecule has 2 atom stereocenters. The molecule has 0 saturated carbocycles. The fraction of sp³-hybridized carbons (Fsp3) is 0.833. The van der Waals surface area contributed by atoms with Crippen LogP contribution in [0.25, 0.3) is 0 Å². The van der Waals surface area contributed by atoms with Gasteiger partial charge in [0.25, 0.3) is 0 Å². The van der Waals surface area contributed by atoms with Crippen molar-refractivity contribution in [3.05, 3.63) is 0 Å². The Hall–Kier alpha value is -0.220. The van der Waals surface area contributed by atoms with Crippen molar-refractivity contribution in [3.8, 4) is 0 Å². The summed E-state index contributed by atoms with van der Waals surface area (Å²) in [7, 11) is 1.40. The van der Waals surface area contributed by atoms with Crippen LogP contribution in [0.4, 0.5) is 0 Å². The molecular weight excluding hydrogens is 150 g/mol. The lowest BCUT2D eigenvalue weighted by molar-refractivity contribution is -0.144. The number of ether oxygens (including phenoxy) is 1. The second-order valence-electron chi connectivity index (χ2n) is 2.33. The number of hydrogen-bond acceptors (Lipinski definition) is 4. The standard InChI is InChI=1S/C6H11NO2S/c1-9-6(8)4-2-10-3-5(4)7/h4-5H,2-3,7H2,1H3/t4-,5+/m0/s1. The van der Waals surface area contributed by atoms with Gasteiger partial charge in [-0.25, -0.2) is 0 Å². The van der Waals surface area contributed by atoms with Crippen molar-refractivity contribution in [1.82, 2.24) is 0 Å². The second kappa shape index (κ2) is 3.25. The Kier molecular flexibility index (Phi) is 2.56. The summed E-state index contributed by atoms with van der Waals surface area (Å²) in [6.45, 7) is 0. The number of methoxy groups -OCH3 is 1. The summed E-state index contributed by atoms with van der Waals surface area (Å²) in [5.74, 6) is 1.45. The zero-order valence-electron chi connectivity index (χ0n) is 5.87. The van der Waals surface area contributed by atoms with E-state index in [2.05, 4.69) is 4.74 Å². The summed E-state index contributed by atoms with van der Waals surface area (Å²) in [6.07, 6.45) is 0. The number of esters is 1. The molecule has 1 heterocycles. The van der Waals surface area contributed by atoms with Crippen LogP contribution >= 0.6 is 11.8 Å². The van der Waals surface area contributed by atoms with Crippen LogP contribution in [0.2, 0.25) is 0 Å². The summed E-state index contributed by atoms with van der Waals surface area (Å²) in [4.78, 5) is 10.9. The van der Waals surface area contributed by atoms with Crippen molar-refractivity contribution >= 4 is 17.7 Å². The van der Waals surface area contributed by atoms with Crippen molar-refractivity contribution in [2.75, 3.05) is 18.6 Å². The highest BCUT2D eigenvalue weighted by Gasteiger charge is 2.31. The lowest BCUT2D eigenvalue weighted by atomic mass is 10.1. The third-order valence-electron chi connectivity index (χ3n) is 1.63. The third kappa shape index (κ3) is 1.44. The Morgan fingerprint density at radius 1 is 1.70 bits per heavy atom. The van der Waals surface area contributed by atoms with Gasteiger partial charge in [0.2, 0.25) is 0 Å². The van der Waals surface area contributed by atoms with E-state index >= 15 is 0 Å². The molecule has 0 bridgehead atoms. The van der Waals surface area contributed by atoms with Gasteiger partial charge in [0, 0.05) is 17.5 Å². The fourth-order valence-electron chi connectivity index (χ4n) is 0.965. The Morgan fingerprint density at radius 2 is 2.40 bits per heavy atom. The Labute approximate surface area is 64.3 Å². The molecule has 1 saturated heterocycles. The predicted octanol–water partition coefficient (Wildman–Crippen LogP) is -0.150. The van der Waals surface area contributed by atoms with Crippen LogP contribution in [-0.4, -0.2) is 30.6 Å². The molecule has 0 aliphatic carbocycles. The van der Waals surface area contributed by atoms with Crippen LogP contribution in [0, 0.1) is 5.92 Å². The first-order valence-electron chi connectivity index (χ1n) is 3.17. The summed E-state index contributed by atoms with van der Waals surface area (Å²) in [6, 6.07) is -0.00236. The van der Waals surface area contributed by atoms with Gasteiger partial charge in [-0.2, -0.15) is 11.8 Å². The predicted molar refractivity (Wildman–Crippen MR) is 40.8 cm³/mol. The highest BCUT2D eigenvalue weighted by Crippen LogP contribution is 2.23. The normalized spacial score (nSPS) is 32.2. The molecule has 1 aliphatic heterocycles. The van der Waals surface area contributed by atoms with Gasteiger partial charge in [-0.1, -0.05) is 0 Å². The topological polar surface area (TPSA) is 52.3 Å². The molecule has 0 unspecified atom stereocenters. The van der Waals surface area contributed by atoms with E-state index in [9.17, 15) is 4.79 Å². The summed E-state index contributed by atoms with van der Waals surface area (Å²) < 4.78 is 4.57. The largest absolute Gasteiger partial charge is 0.469 e. The van der Waals surface area contributed by atoms with Crippen molar-refractivity contribution in [1.29, 1.82) is 0 Å². The highest BCUT2D eigenvalue weighted by molar-refractivity contribution is 7.99. The van der Waals surface area contributed by atoms with Gasteiger partial charge in [0.1, 0.15) is 0 Å². The number of hydrogen-bond donors (Lipinski definition) is 1.